The second-order valence-corrected chi connectivity index (χ2v) is 6.44. The van der Waals surface area contributed by atoms with Gasteiger partial charge in [-0.3, -0.25) is 4.79 Å². The van der Waals surface area contributed by atoms with Crippen LogP contribution in [0.15, 0.2) is 46.0 Å². The summed E-state index contributed by atoms with van der Waals surface area (Å²) in [7, 11) is -3.28. The van der Waals surface area contributed by atoms with E-state index in [1.807, 2.05) is 5.38 Å². The summed E-state index contributed by atoms with van der Waals surface area (Å²) in [6.07, 6.45) is 1.13. The number of ketones is 1. The van der Waals surface area contributed by atoms with Gasteiger partial charge in [0.1, 0.15) is 0 Å². The van der Waals surface area contributed by atoms with Crippen molar-refractivity contribution >= 4 is 27.0 Å². The van der Waals surface area contributed by atoms with Crippen molar-refractivity contribution in [1.29, 1.82) is 0 Å². The molecule has 0 aliphatic rings. The van der Waals surface area contributed by atoms with Crippen molar-refractivity contribution in [3.63, 3.8) is 0 Å². The molecular weight excluding hydrogens is 256 g/mol. The van der Waals surface area contributed by atoms with E-state index in [0.717, 1.165) is 6.26 Å². The SMILES string of the molecule is CS(=O)(=O)c1cccc(C(=O)c2ccsc2)c1. The molecule has 0 N–H and O–H groups in total. The Morgan fingerprint density at radius 3 is 2.53 bits per heavy atom. The predicted molar refractivity (Wildman–Crippen MR) is 67.3 cm³/mol. The highest BCUT2D eigenvalue weighted by atomic mass is 32.2. The minimum Gasteiger partial charge on any atom is -0.289 e. The molecule has 0 atom stereocenters. The fourth-order valence-corrected chi connectivity index (χ4v) is 2.73. The largest absolute Gasteiger partial charge is 0.289 e. The van der Waals surface area contributed by atoms with Gasteiger partial charge in [-0.1, -0.05) is 12.1 Å². The van der Waals surface area contributed by atoms with E-state index < -0.39 is 9.84 Å². The van der Waals surface area contributed by atoms with Crippen LogP contribution in [0, 0.1) is 0 Å². The zero-order valence-electron chi connectivity index (χ0n) is 9.08. The molecule has 1 aromatic carbocycles. The topological polar surface area (TPSA) is 51.2 Å². The molecular formula is C12H10O3S2. The van der Waals surface area contributed by atoms with E-state index >= 15 is 0 Å². The summed E-state index contributed by atoms with van der Waals surface area (Å²) in [4.78, 5) is 12.2. The van der Waals surface area contributed by atoms with Crippen LogP contribution < -0.4 is 0 Å². The van der Waals surface area contributed by atoms with E-state index in [0.29, 0.717) is 11.1 Å². The molecule has 0 fully saturated rings. The first kappa shape index (κ1) is 12.0. The Kier molecular flexibility index (Phi) is 3.13. The minimum absolute atomic E-state index is 0.156. The van der Waals surface area contributed by atoms with Crippen LogP contribution in [0.25, 0.3) is 0 Å². The highest BCUT2D eigenvalue weighted by Crippen LogP contribution is 2.16. The van der Waals surface area contributed by atoms with Gasteiger partial charge in [-0.25, -0.2) is 8.42 Å². The third-order valence-electron chi connectivity index (χ3n) is 2.31. The second-order valence-electron chi connectivity index (χ2n) is 3.64. The van der Waals surface area contributed by atoms with Crippen molar-refractivity contribution < 1.29 is 13.2 Å². The number of hydrogen-bond acceptors (Lipinski definition) is 4. The number of carbonyl (C=O) groups excluding carboxylic acids is 1. The van der Waals surface area contributed by atoms with E-state index in [9.17, 15) is 13.2 Å². The Balaban J connectivity index is 2.45. The summed E-state index contributed by atoms with van der Waals surface area (Å²) in [5.41, 5.74) is 0.979. The van der Waals surface area contributed by atoms with Crippen molar-refractivity contribution in [3.05, 3.63) is 52.2 Å². The maximum Gasteiger partial charge on any atom is 0.193 e. The average molecular weight is 266 g/mol. The van der Waals surface area contributed by atoms with Gasteiger partial charge >= 0.3 is 0 Å². The number of rotatable bonds is 3. The van der Waals surface area contributed by atoms with E-state index in [-0.39, 0.29) is 10.7 Å². The molecule has 17 heavy (non-hydrogen) atoms. The molecule has 1 aromatic heterocycles. The number of thiophene rings is 1. The Morgan fingerprint density at radius 2 is 1.94 bits per heavy atom. The highest BCUT2D eigenvalue weighted by molar-refractivity contribution is 7.90. The van der Waals surface area contributed by atoms with Crippen molar-refractivity contribution in [1.82, 2.24) is 0 Å². The fraction of sp³-hybridized carbons (Fsp3) is 0.0833. The second kappa shape index (κ2) is 4.43. The fourth-order valence-electron chi connectivity index (χ4n) is 1.43. The van der Waals surface area contributed by atoms with Crippen LogP contribution in [0.2, 0.25) is 0 Å². The first-order valence-corrected chi connectivity index (χ1v) is 7.69. The molecule has 2 aromatic rings. The lowest BCUT2D eigenvalue weighted by Gasteiger charge is -2.02. The minimum atomic E-state index is -3.28. The maximum atomic E-state index is 12.0. The lowest BCUT2D eigenvalue weighted by molar-refractivity contribution is 0.103. The smallest absolute Gasteiger partial charge is 0.193 e. The Labute approximate surface area is 104 Å². The summed E-state index contributed by atoms with van der Waals surface area (Å²) < 4.78 is 22.8. The molecule has 88 valence electrons. The van der Waals surface area contributed by atoms with Gasteiger partial charge < -0.3 is 0 Å². The van der Waals surface area contributed by atoms with E-state index in [1.54, 1.807) is 23.6 Å². The molecule has 2 rings (SSSR count). The van der Waals surface area contributed by atoms with E-state index in [2.05, 4.69) is 0 Å². The molecule has 5 heteroatoms. The molecule has 0 radical (unpaired) electrons. The summed E-state index contributed by atoms with van der Waals surface area (Å²) >= 11 is 1.43. The summed E-state index contributed by atoms with van der Waals surface area (Å²) in [5.74, 6) is -0.156. The zero-order chi connectivity index (χ0) is 12.5. The quantitative estimate of drug-likeness (QED) is 0.801. The first-order chi connectivity index (χ1) is 7.98. The van der Waals surface area contributed by atoms with Crippen LogP contribution >= 0.6 is 11.3 Å². The summed E-state index contributed by atoms with van der Waals surface area (Å²) in [6.45, 7) is 0. The van der Waals surface area contributed by atoms with Gasteiger partial charge in [0, 0.05) is 22.8 Å². The number of sulfone groups is 1. The molecule has 0 amide bonds. The van der Waals surface area contributed by atoms with Crippen molar-refractivity contribution in [2.75, 3.05) is 6.26 Å². The van der Waals surface area contributed by atoms with E-state index in [4.69, 9.17) is 0 Å². The van der Waals surface area contributed by atoms with Gasteiger partial charge in [0.15, 0.2) is 15.6 Å². The van der Waals surface area contributed by atoms with Crippen LogP contribution in [0.1, 0.15) is 15.9 Å². The van der Waals surface area contributed by atoms with Crippen LogP contribution in [-0.4, -0.2) is 20.5 Å². The van der Waals surface area contributed by atoms with Gasteiger partial charge in [-0.05, 0) is 23.6 Å². The van der Waals surface area contributed by atoms with Crippen LogP contribution in [0.3, 0.4) is 0 Å². The van der Waals surface area contributed by atoms with Crippen molar-refractivity contribution in [3.8, 4) is 0 Å². The molecule has 0 spiro atoms. The van der Waals surface area contributed by atoms with Gasteiger partial charge in [-0.2, -0.15) is 11.3 Å². The molecule has 0 unspecified atom stereocenters. The number of hydrogen-bond donors (Lipinski definition) is 0. The monoisotopic (exact) mass is 266 g/mol. The normalized spacial score (nSPS) is 11.4. The Morgan fingerprint density at radius 1 is 1.18 bits per heavy atom. The number of benzene rings is 1. The lowest BCUT2D eigenvalue weighted by Crippen LogP contribution is -2.03. The molecule has 0 saturated heterocycles. The zero-order valence-corrected chi connectivity index (χ0v) is 10.7. The molecule has 0 saturated carbocycles. The third kappa shape index (κ3) is 2.62. The van der Waals surface area contributed by atoms with Crippen molar-refractivity contribution in [2.24, 2.45) is 0 Å². The standard InChI is InChI=1S/C12H10O3S2/c1-17(14,15)11-4-2-3-9(7-11)12(13)10-5-6-16-8-10/h2-8H,1H3. The first-order valence-electron chi connectivity index (χ1n) is 4.85. The Bertz CT molecular complexity index is 640. The molecule has 3 nitrogen and oxygen atoms in total. The molecule has 0 aliphatic heterocycles. The lowest BCUT2D eigenvalue weighted by atomic mass is 10.1. The number of carbonyl (C=O) groups is 1. The Hall–Kier alpha value is -1.46. The predicted octanol–water partition coefficient (Wildman–Crippen LogP) is 2.38. The van der Waals surface area contributed by atoms with Crippen LogP contribution in [0.4, 0.5) is 0 Å². The highest BCUT2D eigenvalue weighted by Gasteiger charge is 2.13. The van der Waals surface area contributed by atoms with Crippen molar-refractivity contribution in [2.45, 2.75) is 4.90 Å². The molecule has 0 aliphatic carbocycles. The summed E-state index contributed by atoms with van der Waals surface area (Å²) in [6, 6.07) is 7.82. The van der Waals surface area contributed by atoms with E-state index in [1.165, 1.54) is 23.5 Å². The third-order valence-corrected chi connectivity index (χ3v) is 4.10. The maximum absolute atomic E-state index is 12.0. The van der Waals surface area contributed by atoms with Gasteiger partial charge in [0.2, 0.25) is 0 Å². The molecule has 1 heterocycles. The summed E-state index contributed by atoms with van der Waals surface area (Å²) in [5, 5.41) is 3.56. The molecule has 0 bridgehead atoms. The van der Waals surface area contributed by atoms with Crippen LogP contribution in [-0.2, 0) is 9.84 Å². The van der Waals surface area contributed by atoms with Gasteiger partial charge in [0.05, 0.1) is 4.90 Å². The average Bonchev–Trinajstić information content (AvgIpc) is 2.80. The van der Waals surface area contributed by atoms with Gasteiger partial charge in [0.25, 0.3) is 0 Å². The van der Waals surface area contributed by atoms with Gasteiger partial charge in [-0.15, -0.1) is 0 Å². The van der Waals surface area contributed by atoms with Crippen LogP contribution in [0.5, 0.6) is 0 Å².